The maximum Gasteiger partial charge on any atom is 0.296 e. The Kier molecular flexibility index (Phi) is 2.05. The van der Waals surface area contributed by atoms with Crippen molar-refractivity contribution in [1.82, 2.24) is 19.5 Å². The van der Waals surface area contributed by atoms with Crippen molar-refractivity contribution >= 4 is 15.9 Å². The van der Waals surface area contributed by atoms with Gasteiger partial charge >= 0.3 is 0 Å². The second-order valence-corrected chi connectivity index (χ2v) is 3.08. The van der Waals surface area contributed by atoms with Crippen molar-refractivity contribution in [3.8, 4) is 5.82 Å². The third kappa shape index (κ3) is 1.57. The van der Waals surface area contributed by atoms with Gasteiger partial charge in [-0.05, 0) is 15.9 Å². The number of halogens is 2. The van der Waals surface area contributed by atoms with E-state index in [1.54, 1.807) is 0 Å². The van der Waals surface area contributed by atoms with E-state index in [0.29, 0.717) is 10.4 Å². The zero-order chi connectivity index (χ0) is 9.26. The molecular formula is C7H4BrFN4. The van der Waals surface area contributed by atoms with E-state index < -0.39 is 6.08 Å². The summed E-state index contributed by atoms with van der Waals surface area (Å²) >= 11 is 3.06. The van der Waals surface area contributed by atoms with Crippen LogP contribution in [-0.2, 0) is 0 Å². The number of imidazole rings is 1. The Hall–Kier alpha value is -1.30. The summed E-state index contributed by atoms with van der Waals surface area (Å²) in [6, 6.07) is 0. The summed E-state index contributed by atoms with van der Waals surface area (Å²) in [7, 11) is 0. The summed E-state index contributed by atoms with van der Waals surface area (Å²) in [5.74, 6) is 0.401. The van der Waals surface area contributed by atoms with Gasteiger partial charge in [-0.1, -0.05) is 0 Å². The maximum absolute atomic E-state index is 13.1. The van der Waals surface area contributed by atoms with E-state index in [0.717, 1.165) is 0 Å². The van der Waals surface area contributed by atoms with Crippen molar-refractivity contribution in [1.29, 1.82) is 0 Å². The molecule has 0 aliphatic heterocycles. The quantitative estimate of drug-likeness (QED) is 0.763. The summed E-state index contributed by atoms with van der Waals surface area (Å²) in [5, 5.41) is 0. The Morgan fingerprint density at radius 2 is 2.23 bits per heavy atom. The smallest absolute Gasteiger partial charge is 0.259 e. The van der Waals surface area contributed by atoms with E-state index >= 15 is 0 Å². The topological polar surface area (TPSA) is 43.6 Å². The molecule has 66 valence electrons. The normalized spacial score (nSPS) is 10.3. The molecule has 0 aliphatic rings. The van der Waals surface area contributed by atoms with Crippen molar-refractivity contribution in [2.24, 2.45) is 0 Å². The highest BCUT2D eigenvalue weighted by Gasteiger charge is 2.07. The van der Waals surface area contributed by atoms with Gasteiger partial charge in [0.2, 0.25) is 0 Å². The van der Waals surface area contributed by atoms with Crippen LogP contribution in [0, 0.1) is 6.08 Å². The van der Waals surface area contributed by atoms with E-state index in [4.69, 9.17) is 0 Å². The summed E-state index contributed by atoms with van der Waals surface area (Å²) < 4.78 is 14.7. The Morgan fingerprint density at radius 3 is 2.77 bits per heavy atom. The van der Waals surface area contributed by atoms with Gasteiger partial charge in [-0.2, -0.15) is 9.37 Å². The fourth-order valence-corrected chi connectivity index (χ4v) is 1.26. The van der Waals surface area contributed by atoms with Gasteiger partial charge in [-0.3, -0.25) is 9.55 Å². The van der Waals surface area contributed by atoms with Gasteiger partial charge in [-0.15, -0.1) is 0 Å². The molecule has 0 spiro atoms. The Morgan fingerprint density at radius 1 is 1.38 bits per heavy atom. The first kappa shape index (κ1) is 8.31. The van der Waals surface area contributed by atoms with E-state index in [1.807, 2.05) is 0 Å². The number of rotatable bonds is 1. The van der Waals surface area contributed by atoms with Gasteiger partial charge in [0.05, 0.1) is 6.20 Å². The first-order valence-electron chi connectivity index (χ1n) is 3.44. The molecule has 0 unspecified atom stereocenters. The SMILES string of the molecule is Fc1nc(Br)cn1-c1cnccn1. The highest BCUT2D eigenvalue weighted by atomic mass is 79.9. The van der Waals surface area contributed by atoms with Gasteiger partial charge in [0.1, 0.15) is 4.60 Å². The van der Waals surface area contributed by atoms with Gasteiger partial charge in [0, 0.05) is 18.6 Å². The highest BCUT2D eigenvalue weighted by molar-refractivity contribution is 9.10. The molecule has 13 heavy (non-hydrogen) atoms. The van der Waals surface area contributed by atoms with Crippen LogP contribution in [0.5, 0.6) is 0 Å². The van der Waals surface area contributed by atoms with Crippen molar-refractivity contribution < 1.29 is 4.39 Å². The molecule has 0 bridgehead atoms. The number of hydrogen-bond donors (Lipinski definition) is 0. The molecule has 0 N–H and O–H groups in total. The fraction of sp³-hybridized carbons (Fsp3) is 0. The average Bonchev–Trinajstić information content (AvgIpc) is 2.47. The number of nitrogens with zero attached hydrogens (tertiary/aromatic N) is 4. The molecule has 0 fully saturated rings. The van der Waals surface area contributed by atoms with Crippen LogP contribution in [-0.4, -0.2) is 19.5 Å². The zero-order valence-corrected chi connectivity index (χ0v) is 7.94. The Labute approximate surface area is 81.6 Å². The van der Waals surface area contributed by atoms with Crippen LogP contribution >= 0.6 is 15.9 Å². The maximum atomic E-state index is 13.1. The van der Waals surface area contributed by atoms with E-state index in [9.17, 15) is 4.39 Å². The number of aromatic nitrogens is 4. The Bertz CT molecular complexity index is 414. The monoisotopic (exact) mass is 242 g/mol. The Balaban J connectivity index is 2.53. The zero-order valence-electron chi connectivity index (χ0n) is 6.35. The second kappa shape index (κ2) is 3.21. The molecule has 0 saturated carbocycles. The molecule has 2 heterocycles. The largest absolute Gasteiger partial charge is 0.296 e. The van der Waals surface area contributed by atoms with Crippen LogP contribution < -0.4 is 0 Å². The average molecular weight is 243 g/mol. The van der Waals surface area contributed by atoms with Crippen LogP contribution in [0.3, 0.4) is 0 Å². The lowest BCUT2D eigenvalue weighted by atomic mass is 10.6. The second-order valence-electron chi connectivity index (χ2n) is 2.27. The van der Waals surface area contributed by atoms with E-state index in [1.165, 1.54) is 29.4 Å². The van der Waals surface area contributed by atoms with Crippen molar-refractivity contribution in [2.45, 2.75) is 0 Å². The van der Waals surface area contributed by atoms with Gasteiger partial charge in [-0.25, -0.2) is 4.98 Å². The fourth-order valence-electron chi connectivity index (χ4n) is 0.907. The van der Waals surface area contributed by atoms with E-state index in [-0.39, 0.29) is 0 Å². The molecule has 0 radical (unpaired) electrons. The minimum Gasteiger partial charge on any atom is -0.259 e. The summed E-state index contributed by atoms with van der Waals surface area (Å²) in [6.07, 6.45) is 5.33. The van der Waals surface area contributed by atoms with Gasteiger partial charge < -0.3 is 0 Å². The van der Waals surface area contributed by atoms with Crippen LogP contribution in [0.25, 0.3) is 5.82 Å². The molecular weight excluding hydrogens is 239 g/mol. The van der Waals surface area contributed by atoms with Gasteiger partial charge in [0.25, 0.3) is 6.08 Å². The first-order valence-corrected chi connectivity index (χ1v) is 4.23. The molecule has 0 atom stereocenters. The standard InChI is InChI=1S/C7H4BrFN4/c8-5-4-13(7(9)12-5)6-3-10-1-2-11-6/h1-4H. The molecule has 2 aromatic heterocycles. The molecule has 0 amide bonds. The molecule has 0 saturated heterocycles. The van der Waals surface area contributed by atoms with Crippen molar-refractivity contribution in [2.75, 3.05) is 0 Å². The predicted octanol–water partition coefficient (Wildman–Crippen LogP) is 1.56. The minimum absolute atomic E-state index is 0.401. The van der Waals surface area contributed by atoms with Crippen LogP contribution in [0.15, 0.2) is 29.4 Å². The highest BCUT2D eigenvalue weighted by Crippen LogP contribution is 2.12. The summed E-state index contributed by atoms with van der Waals surface area (Å²) in [6.45, 7) is 0. The first-order chi connectivity index (χ1) is 6.27. The van der Waals surface area contributed by atoms with Crippen LogP contribution in [0.1, 0.15) is 0 Å². The molecule has 2 rings (SSSR count). The molecule has 4 nitrogen and oxygen atoms in total. The number of hydrogen-bond acceptors (Lipinski definition) is 3. The lowest BCUT2D eigenvalue weighted by Gasteiger charge is -1.98. The van der Waals surface area contributed by atoms with Gasteiger partial charge in [0.15, 0.2) is 5.82 Å². The minimum atomic E-state index is -0.618. The lowest BCUT2D eigenvalue weighted by molar-refractivity contribution is 0.519. The molecule has 0 aliphatic carbocycles. The van der Waals surface area contributed by atoms with Crippen molar-refractivity contribution in [3.63, 3.8) is 0 Å². The lowest BCUT2D eigenvalue weighted by Crippen LogP contribution is -1.99. The van der Waals surface area contributed by atoms with Crippen LogP contribution in [0.4, 0.5) is 4.39 Å². The molecule has 2 aromatic rings. The third-order valence-corrected chi connectivity index (χ3v) is 1.81. The van der Waals surface area contributed by atoms with Crippen LogP contribution in [0.2, 0.25) is 0 Å². The molecule has 0 aromatic carbocycles. The summed E-state index contributed by atoms with van der Waals surface area (Å²) in [5.41, 5.74) is 0. The van der Waals surface area contributed by atoms with E-state index in [2.05, 4.69) is 30.9 Å². The van der Waals surface area contributed by atoms with Crippen molar-refractivity contribution in [3.05, 3.63) is 35.5 Å². The molecule has 6 heteroatoms. The summed E-state index contributed by atoms with van der Waals surface area (Å²) in [4.78, 5) is 11.3. The predicted molar refractivity (Wildman–Crippen MR) is 46.8 cm³/mol. The third-order valence-electron chi connectivity index (χ3n) is 1.43.